The van der Waals surface area contributed by atoms with Crippen LogP contribution in [0.15, 0.2) is 4.52 Å². The quantitative estimate of drug-likeness (QED) is 0.883. The number of piperazine rings is 1. The van der Waals surface area contributed by atoms with Gasteiger partial charge in [-0.05, 0) is 38.6 Å². The van der Waals surface area contributed by atoms with Gasteiger partial charge in [0.25, 0.3) is 0 Å². The van der Waals surface area contributed by atoms with Crippen LogP contribution in [0.5, 0.6) is 0 Å². The summed E-state index contributed by atoms with van der Waals surface area (Å²) in [5.41, 5.74) is 8.26. The first-order chi connectivity index (χ1) is 12.0. The Bertz CT molecular complexity index is 565. The highest BCUT2D eigenvalue weighted by atomic mass is 16.5. The van der Waals surface area contributed by atoms with Gasteiger partial charge in [0.15, 0.2) is 0 Å². The minimum absolute atomic E-state index is 0.0587. The third-order valence-corrected chi connectivity index (χ3v) is 6.16. The molecule has 0 atom stereocenters. The van der Waals surface area contributed by atoms with Crippen LogP contribution in [0.1, 0.15) is 55.5 Å². The molecule has 1 saturated carbocycles. The van der Waals surface area contributed by atoms with E-state index in [2.05, 4.69) is 10.1 Å². The van der Waals surface area contributed by atoms with Crippen molar-refractivity contribution in [1.29, 1.82) is 0 Å². The molecule has 0 spiro atoms. The molecular formula is C19H32N4O2. The van der Waals surface area contributed by atoms with Crippen molar-refractivity contribution in [3.8, 4) is 0 Å². The van der Waals surface area contributed by atoms with Crippen molar-refractivity contribution >= 4 is 5.91 Å². The summed E-state index contributed by atoms with van der Waals surface area (Å²) >= 11 is 0. The van der Waals surface area contributed by atoms with Gasteiger partial charge in [0.2, 0.25) is 5.91 Å². The molecule has 1 aromatic heterocycles. The monoisotopic (exact) mass is 348 g/mol. The summed E-state index contributed by atoms with van der Waals surface area (Å²) in [6.45, 7) is 8.89. The summed E-state index contributed by atoms with van der Waals surface area (Å²) in [5, 5.41) is 4.03. The Labute approximate surface area is 150 Å². The van der Waals surface area contributed by atoms with Gasteiger partial charge in [-0.25, -0.2) is 0 Å². The molecule has 2 N–H and O–H groups in total. The topological polar surface area (TPSA) is 75.6 Å². The molecule has 2 fully saturated rings. The van der Waals surface area contributed by atoms with E-state index in [1.54, 1.807) is 0 Å². The van der Waals surface area contributed by atoms with Crippen LogP contribution >= 0.6 is 0 Å². The maximum atomic E-state index is 12.8. The van der Waals surface area contributed by atoms with E-state index in [4.69, 9.17) is 10.3 Å². The van der Waals surface area contributed by atoms with Crippen LogP contribution in [0.4, 0.5) is 0 Å². The van der Waals surface area contributed by atoms with Gasteiger partial charge in [0.05, 0.1) is 5.69 Å². The van der Waals surface area contributed by atoms with E-state index in [1.165, 1.54) is 24.8 Å². The van der Waals surface area contributed by atoms with E-state index >= 15 is 0 Å². The third-order valence-electron chi connectivity index (χ3n) is 6.16. The van der Waals surface area contributed by atoms with Crippen molar-refractivity contribution in [2.24, 2.45) is 11.1 Å². The molecule has 140 valence electrons. The average molecular weight is 348 g/mol. The second-order valence-corrected chi connectivity index (χ2v) is 7.90. The van der Waals surface area contributed by atoms with Crippen LogP contribution in [0, 0.1) is 19.3 Å². The molecule has 0 aromatic carbocycles. The number of amides is 1. The van der Waals surface area contributed by atoms with Crippen molar-refractivity contribution in [3.63, 3.8) is 0 Å². The fourth-order valence-electron chi connectivity index (χ4n) is 4.29. The maximum Gasteiger partial charge on any atom is 0.223 e. The first-order valence-corrected chi connectivity index (χ1v) is 9.65. The minimum Gasteiger partial charge on any atom is -0.361 e. The smallest absolute Gasteiger partial charge is 0.223 e. The second kappa shape index (κ2) is 7.87. The van der Waals surface area contributed by atoms with Crippen LogP contribution in [0.3, 0.4) is 0 Å². The highest BCUT2D eigenvalue weighted by Crippen LogP contribution is 2.38. The average Bonchev–Trinajstić information content (AvgIpc) is 2.95. The number of hydrogen-bond acceptors (Lipinski definition) is 5. The number of carbonyl (C=O) groups excluding carboxylic acids is 1. The Hall–Kier alpha value is -1.40. The molecular weight excluding hydrogens is 316 g/mol. The van der Waals surface area contributed by atoms with Gasteiger partial charge in [-0.3, -0.25) is 9.69 Å². The highest BCUT2D eigenvalue weighted by Gasteiger charge is 2.35. The molecule has 3 rings (SSSR count). The Morgan fingerprint density at radius 2 is 1.84 bits per heavy atom. The van der Waals surface area contributed by atoms with Gasteiger partial charge in [0.1, 0.15) is 5.76 Å². The van der Waals surface area contributed by atoms with Crippen molar-refractivity contribution < 1.29 is 9.32 Å². The van der Waals surface area contributed by atoms with Crippen molar-refractivity contribution in [2.75, 3.05) is 32.7 Å². The van der Waals surface area contributed by atoms with Crippen molar-refractivity contribution in [3.05, 3.63) is 17.0 Å². The lowest BCUT2D eigenvalue weighted by molar-refractivity contribution is -0.136. The number of carbonyl (C=O) groups is 1. The Balaban J connectivity index is 1.50. The largest absolute Gasteiger partial charge is 0.361 e. The summed E-state index contributed by atoms with van der Waals surface area (Å²) in [6.07, 6.45) is 6.58. The summed E-state index contributed by atoms with van der Waals surface area (Å²) in [4.78, 5) is 17.2. The molecule has 2 aliphatic rings. The maximum absolute atomic E-state index is 12.8. The van der Waals surface area contributed by atoms with Crippen LogP contribution in [-0.4, -0.2) is 53.6 Å². The van der Waals surface area contributed by atoms with Gasteiger partial charge in [-0.1, -0.05) is 24.4 Å². The fraction of sp³-hybridized carbons (Fsp3) is 0.789. The molecule has 2 heterocycles. The highest BCUT2D eigenvalue weighted by molar-refractivity contribution is 5.77. The first-order valence-electron chi connectivity index (χ1n) is 9.65. The standard InChI is InChI=1S/C19H32N4O2/c1-15-17(16(2)25-21-15)13-22-8-10-23(11-9-22)18(24)12-19(14-20)6-4-3-5-7-19/h3-14,20H2,1-2H3. The number of hydrogen-bond donors (Lipinski definition) is 1. The van der Waals surface area contributed by atoms with Gasteiger partial charge in [-0.15, -0.1) is 0 Å². The molecule has 1 aromatic rings. The molecule has 25 heavy (non-hydrogen) atoms. The lowest BCUT2D eigenvalue weighted by Crippen LogP contribution is -2.50. The zero-order valence-electron chi connectivity index (χ0n) is 15.7. The lowest BCUT2D eigenvalue weighted by Gasteiger charge is -2.39. The summed E-state index contributed by atoms with van der Waals surface area (Å²) in [6, 6.07) is 0. The van der Waals surface area contributed by atoms with Crippen molar-refractivity contribution in [2.45, 2.75) is 58.9 Å². The predicted octanol–water partition coefficient (Wildman–Crippen LogP) is 2.23. The number of nitrogens with zero attached hydrogens (tertiary/aromatic N) is 3. The summed E-state index contributed by atoms with van der Waals surface area (Å²) in [7, 11) is 0. The first kappa shape index (κ1) is 18.4. The van der Waals surface area contributed by atoms with E-state index < -0.39 is 0 Å². The summed E-state index contributed by atoms with van der Waals surface area (Å²) in [5.74, 6) is 1.20. The Morgan fingerprint density at radius 3 is 2.40 bits per heavy atom. The fourth-order valence-corrected chi connectivity index (χ4v) is 4.29. The van der Waals surface area contributed by atoms with Gasteiger partial charge < -0.3 is 15.2 Å². The molecule has 6 nitrogen and oxygen atoms in total. The number of aromatic nitrogens is 1. The van der Waals surface area contributed by atoms with Gasteiger partial charge >= 0.3 is 0 Å². The number of nitrogens with two attached hydrogens (primary N) is 1. The van der Waals surface area contributed by atoms with E-state index in [9.17, 15) is 4.79 Å². The normalized spacial score (nSPS) is 21.5. The zero-order chi connectivity index (χ0) is 17.9. The molecule has 6 heteroatoms. The summed E-state index contributed by atoms with van der Waals surface area (Å²) < 4.78 is 5.25. The van der Waals surface area contributed by atoms with Crippen LogP contribution in [-0.2, 0) is 11.3 Å². The SMILES string of the molecule is Cc1noc(C)c1CN1CCN(C(=O)CC2(CN)CCCCC2)CC1. The van der Waals surface area contributed by atoms with Crippen LogP contribution in [0.2, 0.25) is 0 Å². The third kappa shape index (κ3) is 4.23. The Kier molecular flexibility index (Phi) is 5.79. The van der Waals surface area contributed by atoms with Gasteiger partial charge in [-0.2, -0.15) is 0 Å². The van der Waals surface area contributed by atoms with E-state index in [-0.39, 0.29) is 5.41 Å². The van der Waals surface area contributed by atoms with Crippen LogP contribution in [0.25, 0.3) is 0 Å². The molecule has 1 aliphatic carbocycles. The number of aryl methyl sites for hydroxylation is 2. The van der Waals surface area contributed by atoms with Crippen molar-refractivity contribution in [1.82, 2.24) is 15.0 Å². The van der Waals surface area contributed by atoms with E-state index in [0.29, 0.717) is 18.9 Å². The molecule has 0 unspecified atom stereocenters. The zero-order valence-corrected chi connectivity index (χ0v) is 15.7. The minimum atomic E-state index is 0.0587. The van der Waals surface area contributed by atoms with E-state index in [0.717, 1.165) is 57.0 Å². The Morgan fingerprint density at radius 1 is 1.16 bits per heavy atom. The molecule has 0 radical (unpaired) electrons. The molecule has 0 bridgehead atoms. The molecule has 1 aliphatic heterocycles. The van der Waals surface area contributed by atoms with Crippen LogP contribution < -0.4 is 5.73 Å². The van der Waals surface area contributed by atoms with E-state index in [1.807, 2.05) is 18.7 Å². The van der Waals surface area contributed by atoms with Gasteiger partial charge in [0, 0.05) is 44.7 Å². The lowest BCUT2D eigenvalue weighted by atomic mass is 9.71. The molecule has 1 saturated heterocycles. The predicted molar refractivity (Wildman–Crippen MR) is 97.0 cm³/mol. The second-order valence-electron chi connectivity index (χ2n) is 7.90. The molecule has 1 amide bonds. The number of rotatable bonds is 5.